The minimum atomic E-state index is -1.23. The van der Waals surface area contributed by atoms with Crippen molar-refractivity contribution in [1.29, 1.82) is 0 Å². The lowest BCUT2D eigenvalue weighted by Gasteiger charge is -2.33. The summed E-state index contributed by atoms with van der Waals surface area (Å²) in [6.07, 6.45) is 6.37. The van der Waals surface area contributed by atoms with Crippen LogP contribution in [-0.4, -0.2) is 38.6 Å². The molecule has 1 aromatic heterocycles. The number of carboxylic acids is 1. The van der Waals surface area contributed by atoms with Crippen LogP contribution >= 0.6 is 0 Å². The van der Waals surface area contributed by atoms with Gasteiger partial charge in [-0.1, -0.05) is 48.5 Å². The quantitative estimate of drug-likeness (QED) is 0.225. The molecule has 1 unspecified atom stereocenters. The number of benzene rings is 3. The highest BCUT2D eigenvalue weighted by atomic mass is 19.1. The highest BCUT2D eigenvalue weighted by Gasteiger charge is 2.42. The number of aryl methyl sites for hydroxylation is 1. The van der Waals surface area contributed by atoms with E-state index in [0.29, 0.717) is 23.6 Å². The number of piperidine rings is 1. The standard InChI is InChI=1S/C35H36FN3O4/c1-23-12-14-29(30(36)20-23)35(3)42-31-11-7-10-28(34(31)43-35)26-16-18-38(19-17-26)22-32-37-21-27(13-15-33(40)41)39(32)24(2)25-8-5-4-6-9-25/h4-15,20-21,24,26H,16-19,22H2,1-3H3,(H,40,41)/b15-13+/t24-,35?/m0/s1. The lowest BCUT2D eigenvalue weighted by atomic mass is 9.88. The lowest BCUT2D eigenvalue weighted by Crippen LogP contribution is -2.34. The van der Waals surface area contributed by atoms with Gasteiger partial charge in [-0.05, 0) is 81.1 Å². The fourth-order valence-corrected chi connectivity index (χ4v) is 6.31. The number of carboxylic acid groups (broad SMARTS) is 1. The van der Waals surface area contributed by atoms with E-state index < -0.39 is 11.8 Å². The van der Waals surface area contributed by atoms with Gasteiger partial charge in [0.1, 0.15) is 11.6 Å². The summed E-state index contributed by atoms with van der Waals surface area (Å²) in [6.45, 7) is 8.13. The molecular formula is C35H36FN3O4. The molecule has 0 saturated carbocycles. The Morgan fingerprint density at radius 2 is 1.88 bits per heavy atom. The van der Waals surface area contributed by atoms with Crippen LogP contribution in [0.5, 0.6) is 11.5 Å². The number of nitrogens with zero attached hydrogens (tertiary/aromatic N) is 3. The van der Waals surface area contributed by atoms with Crippen molar-refractivity contribution in [2.45, 2.75) is 57.9 Å². The van der Waals surface area contributed by atoms with Crippen molar-refractivity contribution in [2.75, 3.05) is 13.1 Å². The summed E-state index contributed by atoms with van der Waals surface area (Å²) in [5.41, 5.74) is 4.20. The molecule has 8 heteroatoms. The van der Waals surface area contributed by atoms with E-state index in [-0.39, 0.29) is 17.8 Å². The van der Waals surface area contributed by atoms with Crippen LogP contribution in [0.4, 0.5) is 4.39 Å². The summed E-state index contributed by atoms with van der Waals surface area (Å²) >= 11 is 0. The maximum atomic E-state index is 14.9. The molecule has 0 amide bonds. The molecule has 2 aliphatic heterocycles. The van der Waals surface area contributed by atoms with Gasteiger partial charge in [0, 0.05) is 18.6 Å². The molecule has 0 radical (unpaired) electrons. The average Bonchev–Trinajstić information content (AvgIpc) is 3.56. The normalized spacial score (nSPS) is 19.6. The third-order valence-electron chi connectivity index (χ3n) is 8.59. The Morgan fingerprint density at radius 1 is 1.12 bits per heavy atom. The van der Waals surface area contributed by atoms with E-state index in [4.69, 9.17) is 14.5 Å². The maximum absolute atomic E-state index is 14.9. The van der Waals surface area contributed by atoms with Gasteiger partial charge >= 0.3 is 5.97 Å². The van der Waals surface area contributed by atoms with Crippen LogP contribution in [0.2, 0.25) is 0 Å². The van der Waals surface area contributed by atoms with Crippen LogP contribution in [-0.2, 0) is 17.1 Å². The van der Waals surface area contributed by atoms with Crippen molar-refractivity contribution in [3.63, 3.8) is 0 Å². The van der Waals surface area contributed by atoms with Crippen molar-refractivity contribution >= 4 is 12.0 Å². The molecule has 3 aromatic carbocycles. The van der Waals surface area contributed by atoms with Gasteiger partial charge in [-0.3, -0.25) is 4.90 Å². The molecule has 222 valence electrons. The zero-order valence-corrected chi connectivity index (χ0v) is 24.7. The van der Waals surface area contributed by atoms with E-state index in [1.807, 2.05) is 43.3 Å². The number of ether oxygens (including phenoxy) is 2. The van der Waals surface area contributed by atoms with E-state index in [2.05, 4.69) is 34.6 Å². The van der Waals surface area contributed by atoms with Gasteiger partial charge in [0.2, 0.25) is 0 Å². The number of aliphatic carboxylic acids is 1. The second-order valence-electron chi connectivity index (χ2n) is 11.6. The van der Waals surface area contributed by atoms with Gasteiger partial charge in [-0.15, -0.1) is 0 Å². The second kappa shape index (κ2) is 11.7. The van der Waals surface area contributed by atoms with Crippen molar-refractivity contribution < 1.29 is 23.8 Å². The minimum absolute atomic E-state index is 0.0126. The predicted molar refractivity (Wildman–Crippen MR) is 163 cm³/mol. The van der Waals surface area contributed by atoms with E-state index in [1.165, 1.54) is 6.07 Å². The molecule has 1 N–H and O–H groups in total. The molecule has 6 rings (SSSR count). The average molecular weight is 582 g/mol. The largest absolute Gasteiger partial charge is 0.478 e. The molecule has 0 bridgehead atoms. The number of likely N-dealkylation sites (tertiary alicyclic amines) is 1. The molecule has 43 heavy (non-hydrogen) atoms. The van der Waals surface area contributed by atoms with Crippen molar-refractivity contribution in [2.24, 2.45) is 0 Å². The highest BCUT2D eigenvalue weighted by molar-refractivity contribution is 5.84. The molecule has 4 aromatic rings. The predicted octanol–water partition coefficient (Wildman–Crippen LogP) is 7.06. The first kappa shape index (κ1) is 28.7. The van der Waals surface area contributed by atoms with E-state index in [1.54, 1.807) is 25.3 Å². The first-order valence-corrected chi connectivity index (χ1v) is 14.7. The lowest BCUT2D eigenvalue weighted by molar-refractivity contribution is -0.131. The van der Waals surface area contributed by atoms with Crippen LogP contribution in [0, 0.1) is 12.7 Å². The molecule has 2 atom stereocenters. The molecular weight excluding hydrogens is 545 g/mol. The smallest absolute Gasteiger partial charge is 0.328 e. The third-order valence-corrected chi connectivity index (χ3v) is 8.59. The summed E-state index contributed by atoms with van der Waals surface area (Å²) in [5, 5.41) is 9.22. The van der Waals surface area contributed by atoms with Gasteiger partial charge in [0.05, 0.1) is 30.0 Å². The Hall–Kier alpha value is -4.43. The van der Waals surface area contributed by atoms with Crippen LogP contribution in [0.15, 0.2) is 79.0 Å². The van der Waals surface area contributed by atoms with Crippen molar-refractivity contribution in [3.8, 4) is 11.5 Å². The van der Waals surface area contributed by atoms with Crippen LogP contribution in [0.25, 0.3) is 6.08 Å². The van der Waals surface area contributed by atoms with Gasteiger partial charge in [0.25, 0.3) is 5.79 Å². The summed E-state index contributed by atoms with van der Waals surface area (Å²) in [6, 6.07) is 21.2. The van der Waals surface area contributed by atoms with Gasteiger partial charge < -0.3 is 19.1 Å². The highest BCUT2D eigenvalue weighted by Crippen LogP contribution is 2.49. The van der Waals surface area contributed by atoms with Gasteiger partial charge in [-0.2, -0.15) is 0 Å². The van der Waals surface area contributed by atoms with Gasteiger partial charge in [0.15, 0.2) is 11.5 Å². The van der Waals surface area contributed by atoms with E-state index in [0.717, 1.165) is 60.2 Å². The Bertz CT molecular complexity index is 1660. The number of hydrogen-bond acceptors (Lipinski definition) is 5. The molecule has 3 heterocycles. The number of rotatable bonds is 8. The fourth-order valence-electron chi connectivity index (χ4n) is 6.31. The van der Waals surface area contributed by atoms with Crippen LogP contribution in [0.3, 0.4) is 0 Å². The number of aromatic nitrogens is 2. The maximum Gasteiger partial charge on any atom is 0.328 e. The summed E-state index contributed by atoms with van der Waals surface area (Å²) in [4.78, 5) is 18.4. The number of imidazole rings is 1. The topological polar surface area (TPSA) is 76.8 Å². The zero-order chi connectivity index (χ0) is 30.1. The van der Waals surface area contributed by atoms with Crippen molar-refractivity contribution in [1.82, 2.24) is 14.5 Å². The molecule has 2 aliphatic rings. The summed E-state index contributed by atoms with van der Waals surface area (Å²) in [7, 11) is 0. The summed E-state index contributed by atoms with van der Waals surface area (Å²) in [5.74, 6) is -0.0468. The first-order chi connectivity index (χ1) is 20.7. The number of para-hydroxylation sites is 1. The Labute approximate surface area is 251 Å². The Kier molecular flexibility index (Phi) is 7.79. The Morgan fingerprint density at radius 3 is 2.60 bits per heavy atom. The van der Waals surface area contributed by atoms with Crippen LogP contribution in [0.1, 0.15) is 72.4 Å². The molecule has 7 nitrogen and oxygen atoms in total. The van der Waals surface area contributed by atoms with Crippen LogP contribution < -0.4 is 9.47 Å². The molecule has 0 spiro atoms. The first-order valence-electron chi connectivity index (χ1n) is 14.7. The zero-order valence-electron chi connectivity index (χ0n) is 24.7. The third kappa shape index (κ3) is 5.79. The number of halogens is 1. The fraction of sp³-hybridized carbons (Fsp3) is 0.314. The van der Waals surface area contributed by atoms with E-state index in [9.17, 15) is 14.3 Å². The Balaban J connectivity index is 1.18. The number of fused-ring (bicyclic) bond motifs is 1. The number of hydrogen-bond donors (Lipinski definition) is 1. The molecule has 1 fully saturated rings. The van der Waals surface area contributed by atoms with Crippen molar-refractivity contribution in [3.05, 3.63) is 119 Å². The van der Waals surface area contributed by atoms with E-state index >= 15 is 0 Å². The summed E-state index contributed by atoms with van der Waals surface area (Å²) < 4.78 is 29.6. The monoisotopic (exact) mass is 581 g/mol. The van der Waals surface area contributed by atoms with Gasteiger partial charge in [-0.25, -0.2) is 14.2 Å². The second-order valence-corrected chi connectivity index (χ2v) is 11.6. The SMILES string of the molecule is Cc1ccc(C2(C)Oc3cccc(C4CCN(Cc5ncc(/C=C/C(=O)O)n5[C@@H](C)c5ccccc5)CC4)c3O2)c(F)c1. The minimum Gasteiger partial charge on any atom is -0.478 e. The molecule has 0 aliphatic carbocycles. The molecule has 1 saturated heterocycles. The number of carbonyl (C=O) groups is 1.